The highest BCUT2D eigenvalue weighted by molar-refractivity contribution is 7.99. The molecular weight excluding hydrogens is 178 g/mol. The Kier molecular flexibility index (Phi) is 6.14. The van der Waals surface area contributed by atoms with E-state index in [1.54, 1.807) is 7.11 Å². The molecule has 0 aromatic rings. The van der Waals surface area contributed by atoms with E-state index in [-0.39, 0.29) is 6.10 Å². The number of carbonyl (C=O) groups is 1. The van der Waals surface area contributed by atoms with Gasteiger partial charge in [0, 0.05) is 18.6 Å². The molecule has 0 bridgehead atoms. The van der Waals surface area contributed by atoms with Gasteiger partial charge >= 0.3 is 5.97 Å². The standard InChI is InChI=1S/C7H15NO3S/c1-5(11-2)3-12-4-6(8)7(9)10/h5-6H,3-4,8H2,1-2H3,(H,9,10)/t5?,6-/m1/s1. The maximum absolute atomic E-state index is 10.3. The molecule has 0 aliphatic rings. The number of ether oxygens (including phenoxy) is 1. The van der Waals surface area contributed by atoms with Crippen LogP contribution in [0.15, 0.2) is 0 Å². The summed E-state index contributed by atoms with van der Waals surface area (Å²) in [6.45, 7) is 1.93. The number of thioether (sulfide) groups is 1. The Hall–Kier alpha value is -0.260. The van der Waals surface area contributed by atoms with Gasteiger partial charge in [-0.3, -0.25) is 4.79 Å². The highest BCUT2D eigenvalue weighted by atomic mass is 32.2. The van der Waals surface area contributed by atoms with Gasteiger partial charge in [0.05, 0.1) is 6.10 Å². The molecule has 0 amide bonds. The largest absolute Gasteiger partial charge is 0.480 e. The van der Waals surface area contributed by atoms with Crippen LogP contribution in [0.5, 0.6) is 0 Å². The van der Waals surface area contributed by atoms with Crippen molar-refractivity contribution >= 4 is 17.7 Å². The topological polar surface area (TPSA) is 72.5 Å². The highest BCUT2D eigenvalue weighted by Gasteiger charge is 2.11. The summed E-state index contributed by atoms with van der Waals surface area (Å²) in [5.74, 6) is 0.258. The number of methoxy groups -OCH3 is 1. The van der Waals surface area contributed by atoms with E-state index in [2.05, 4.69) is 0 Å². The zero-order valence-corrected chi connectivity index (χ0v) is 8.13. The van der Waals surface area contributed by atoms with E-state index < -0.39 is 12.0 Å². The lowest BCUT2D eigenvalue weighted by molar-refractivity contribution is -0.137. The van der Waals surface area contributed by atoms with Crippen molar-refractivity contribution in [3.8, 4) is 0 Å². The van der Waals surface area contributed by atoms with Gasteiger partial charge in [0.25, 0.3) is 0 Å². The number of rotatable bonds is 6. The van der Waals surface area contributed by atoms with Crippen LogP contribution in [0.25, 0.3) is 0 Å². The van der Waals surface area contributed by atoms with Crippen LogP contribution in [0.2, 0.25) is 0 Å². The molecule has 3 N–H and O–H groups in total. The highest BCUT2D eigenvalue weighted by Crippen LogP contribution is 2.05. The van der Waals surface area contributed by atoms with Crippen LogP contribution in [-0.2, 0) is 9.53 Å². The molecule has 0 aromatic carbocycles. The number of nitrogens with two attached hydrogens (primary N) is 1. The van der Waals surface area contributed by atoms with Crippen molar-refractivity contribution in [3.63, 3.8) is 0 Å². The maximum atomic E-state index is 10.3. The molecule has 0 saturated heterocycles. The normalized spacial score (nSPS) is 15.6. The van der Waals surface area contributed by atoms with E-state index >= 15 is 0 Å². The summed E-state index contributed by atoms with van der Waals surface area (Å²) in [4.78, 5) is 10.3. The van der Waals surface area contributed by atoms with Gasteiger partial charge in [-0.05, 0) is 6.92 Å². The van der Waals surface area contributed by atoms with Crippen LogP contribution >= 0.6 is 11.8 Å². The van der Waals surface area contributed by atoms with Crippen molar-refractivity contribution < 1.29 is 14.6 Å². The Labute approximate surface area is 76.5 Å². The fourth-order valence-electron chi connectivity index (χ4n) is 0.500. The van der Waals surface area contributed by atoms with Crippen LogP contribution in [0.4, 0.5) is 0 Å². The van der Waals surface area contributed by atoms with Crippen LogP contribution in [0, 0.1) is 0 Å². The van der Waals surface area contributed by atoms with Crippen LogP contribution in [0.1, 0.15) is 6.92 Å². The predicted octanol–water partition coefficient (Wildman–Crippen LogP) is 0.166. The molecule has 72 valence electrons. The number of hydrogen-bond donors (Lipinski definition) is 2. The van der Waals surface area contributed by atoms with Gasteiger partial charge in [-0.2, -0.15) is 11.8 Å². The molecule has 4 nitrogen and oxygen atoms in total. The molecule has 5 heteroatoms. The van der Waals surface area contributed by atoms with Gasteiger partial charge in [-0.25, -0.2) is 0 Å². The lowest BCUT2D eigenvalue weighted by Gasteiger charge is -2.09. The SMILES string of the molecule is COC(C)CSC[C@@H](N)C(=O)O. The van der Waals surface area contributed by atoms with E-state index in [0.717, 1.165) is 5.75 Å². The minimum absolute atomic E-state index is 0.149. The minimum atomic E-state index is -0.951. The lowest BCUT2D eigenvalue weighted by atomic mass is 10.4. The molecule has 0 aliphatic carbocycles. The monoisotopic (exact) mass is 193 g/mol. The third kappa shape index (κ3) is 5.40. The van der Waals surface area contributed by atoms with E-state index in [4.69, 9.17) is 15.6 Å². The quantitative estimate of drug-likeness (QED) is 0.629. The van der Waals surface area contributed by atoms with E-state index in [1.165, 1.54) is 11.8 Å². The van der Waals surface area contributed by atoms with E-state index in [9.17, 15) is 4.79 Å². The molecule has 0 heterocycles. The Bertz CT molecular complexity index is 143. The van der Waals surface area contributed by atoms with E-state index in [1.807, 2.05) is 6.92 Å². The molecule has 12 heavy (non-hydrogen) atoms. The summed E-state index contributed by atoms with van der Waals surface area (Å²) in [7, 11) is 1.63. The maximum Gasteiger partial charge on any atom is 0.321 e. The van der Waals surface area contributed by atoms with Crippen LogP contribution in [-0.4, -0.2) is 41.8 Å². The summed E-state index contributed by atoms with van der Waals surface area (Å²) in [5.41, 5.74) is 5.28. The zero-order chi connectivity index (χ0) is 9.56. The average molecular weight is 193 g/mol. The average Bonchev–Trinajstić information content (AvgIpc) is 2.03. The molecule has 1 unspecified atom stereocenters. The van der Waals surface area contributed by atoms with Crippen molar-refractivity contribution in [3.05, 3.63) is 0 Å². The van der Waals surface area contributed by atoms with Gasteiger partial charge in [-0.1, -0.05) is 0 Å². The molecule has 0 fully saturated rings. The molecule has 0 rings (SSSR count). The van der Waals surface area contributed by atoms with E-state index in [0.29, 0.717) is 5.75 Å². The second-order valence-corrected chi connectivity index (χ2v) is 3.60. The van der Waals surface area contributed by atoms with Crippen molar-refractivity contribution in [2.45, 2.75) is 19.1 Å². The van der Waals surface area contributed by atoms with Crippen molar-refractivity contribution in [1.29, 1.82) is 0 Å². The summed E-state index contributed by atoms with van der Waals surface area (Å²) < 4.78 is 4.98. The second-order valence-electron chi connectivity index (χ2n) is 2.53. The molecule has 2 atom stereocenters. The molecule has 0 saturated carbocycles. The first-order valence-corrected chi connectivity index (χ1v) is 4.82. The number of carboxylic acids is 1. The third-order valence-corrected chi connectivity index (χ3v) is 2.67. The van der Waals surface area contributed by atoms with Gasteiger partial charge in [0.2, 0.25) is 0 Å². The Morgan fingerprint density at radius 2 is 2.25 bits per heavy atom. The summed E-state index contributed by atoms with van der Waals surface area (Å²) >= 11 is 1.49. The van der Waals surface area contributed by atoms with Gasteiger partial charge < -0.3 is 15.6 Å². The second kappa shape index (κ2) is 6.28. The molecule has 0 aromatic heterocycles. The predicted molar refractivity (Wildman–Crippen MR) is 49.4 cm³/mol. The van der Waals surface area contributed by atoms with Crippen LogP contribution in [0.3, 0.4) is 0 Å². The van der Waals surface area contributed by atoms with Crippen LogP contribution < -0.4 is 5.73 Å². The smallest absolute Gasteiger partial charge is 0.321 e. The third-order valence-electron chi connectivity index (χ3n) is 1.37. The summed E-state index contributed by atoms with van der Waals surface area (Å²) in [6.07, 6.45) is 0.149. The van der Waals surface area contributed by atoms with Gasteiger partial charge in [-0.15, -0.1) is 0 Å². The van der Waals surface area contributed by atoms with Gasteiger partial charge in [0.15, 0.2) is 0 Å². The summed E-state index contributed by atoms with van der Waals surface area (Å²) in [6, 6.07) is -0.765. The van der Waals surface area contributed by atoms with Crippen molar-refractivity contribution in [2.24, 2.45) is 5.73 Å². The minimum Gasteiger partial charge on any atom is -0.480 e. The fraction of sp³-hybridized carbons (Fsp3) is 0.857. The number of hydrogen-bond acceptors (Lipinski definition) is 4. The Balaban J connectivity index is 3.37. The lowest BCUT2D eigenvalue weighted by Crippen LogP contribution is -2.32. The first kappa shape index (κ1) is 11.7. The molecule has 0 aliphatic heterocycles. The molecule has 0 spiro atoms. The molecular formula is C7H15NO3S. The fourth-order valence-corrected chi connectivity index (χ4v) is 1.50. The van der Waals surface area contributed by atoms with Gasteiger partial charge in [0.1, 0.15) is 6.04 Å². The Morgan fingerprint density at radius 3 is 2.67 bits per heavy atom. The van der Waals surface area contributed by atoms with Crippen molar-refractivity contribution in [2.75, 3.05) is 18.6 Å². The number of aliphatic carboxylic acids is 1. The Morgan fingerprint density at radius 1 is 1.67 bits per heavy atom. The van der Waals surface area contributed by atoms with Crippen molar-refractivity contribution in [1.82, 2.24) is 0 Å². The number of carboxylic acid groups (broad SMARTS) is 1. The first-order chi connectivity index (χ1) is 5.57. The summed E-state index contributed by atoms with van der Waals surface area (Å²) in [5, 5.41) is 8.43. The molecule has 0 radical (unpaired) electrons. The zero-order valence-electron chi connectivity index (χ0n) is 7.32. The first-order valence-electron chi connectivity index (χ1n) is 3.66.